The maximum atomic E-state index is 12.9. The molecule has 0 unspecified atom stereocenters. The number of allylic oxidation sites excluding steroid dienone is 3. The molecule has 4 N–H and O–H groups in total. The van der Waals surface area contributed by atoms with Crippen molar-refractivity contribution in [3.8, 4) is 0 Å². The molecule has 6 rings (SSSR count). The molecule has 1 aliphatic carbocycles. The molecular weight excluding hydrogens is 396 g/mol. The summed E-state index contributed by atoms with van der Waals surface area (Å²) in [6.07, 6.45) is 8.96. The fraction of sp³-hybridized carbons (Fsp3) is 0.296. The molecule has 0 spiro atoms. The summed E-state index contributed by atoms with van der Waals surface area (Å²) in [4.78, 5) is 23.8. The van der Waals surface area contributed by atoms with Gasteiger partial charge in [0.05, 0.1) is 5.69 Å². The van der Waals surface area contributed by atoms with Crippen LogP contribution in [-0.4, -0.2) is 20.7 Å². The van der Waals surface area contributed by atoms with Crippen molar-refractivity contribution in [2.75, 3.05) is 0 Å². The second-order valence-corrected chi connectivity index (χ2v) is 9.46. The molecule has 5 heteroatoms. The lowest BCUT2D eigenvalue weighted by atomic mass is 10.1. The predicted octanol–water partition coefficient (Wildman–Crippen LogP) is 3.91. The number of rotatable bonds is 0. The Morgan fingerprint density at radius 2 is 1.31 bits per heavy atom. The van der Waals surface area contributed by atoms with Crippen molar-refractivity contribution in [3.05, 3.63) is 78.2 Å². The van der Waals surface area contributed by atoms with E-state index >= 15 is 0 Å². The SMILES string of the molecule is Cc1c2[nH]c(c1C)/C=c1\[nH]/c(c(C)c1C)=C\c1[nH]c3c(c1C)C(=O)C/C3=C1\CC/C(=C/2)N1. The van der Waals surface area contributed by atoms with E-state index in [0.717, 1.165) is 63.0 Å². The zero-order valence-electron chi connectivity index (χ0n) is 19.3. The molecule has 0 atom stereocenters. The van der Waals surface area contributed by atoms with Crippen molar-refractivity contribution in [3.63, 3.8) is 0 Å². The fourth-order valence-electron chi connectivity index (χ4n) is 5.35. The van der Waals surface area contributed by atoms with Gasteiger partial charge in [-0.1, -0.05) is 0 Å². The van der Waals surface area contributed by atoms with Crippen LogP contribution in [0.3, 0.4) is 0 Å². The Labute approximate surface area is 187 Å². The van der Waals surface area contributed by atoms with E-state index in [1.165, 1.54) is 33.6 Å². The lowest BCUT2D eigenvalue weighted by Crippen LogP contribution is -2.12. The number of nitrogens with one attached hydrogen (secondary N) is 4. The number of aromatic nitrogens is 3. The average Bonchev–Trinajstić information content (AvgIpc) is 3.53. The van der Waals surface area contributed by atoms with Gasteiger partial charge >= 0.3 is 0 Å². The molecule has 0 saturated carbocycles. The Kier molecular flexibility index (Phi) is 3.92. The number of H-pyrrole nitrogens is 3. The Morgan fingerprint density at radius 3 is 2.00 bits per heavy atom. The number of aromatic amines is 3. The summed E-state index contributed by atoms with van der Waals surface area (Å²) in [6, 6.07) is 0. The van der Waals surface area contributed by atoms with Gasteiger partial charge in [0.1, 0.15) is 0 Å². The smallest absolute Gasteiger partial charge is 0.169 e. The van der Waals surface area contributed by atoms with E-state index in [0.29, 0.717) is 6.42 Å². The highest BCUT2D eigenvalue weighted by molar-refractivity contribution is 6.13. The third-order valence-corrected chi connectivity index (χ3v) is 7.70. The Morgan fingerprint density at radius 1 is 0.688 bits per heavy atom. The van der Waals surface area contributed by atoms with Crippen molar-refractivity contribution in [1.82, 2.24) is 20.3 Å². The van der Waals surface area contributed by atoms with Gasteiger partial charge in [-0.05, 0) is 93.5 Å². The van der Waals surface area contributed by atoms with Gasteiger partial charge in [-0.15, -0.1) is 0 Å². The summed E-state index contributed by atoms with van der Waals surface area (Å²) in [7, 11) is 0. The average molecular weight is 425 g/mol. The third-order valence-electron chi connectivity index (χ3n) is 7.70. The van der Waals surface area contributed by atoms with Gasteiger partial charge in [-0.2, -0.15) is 0 Å². The van der Waals surface area contributed by atoms with E-state index in [9.17, 15) is 4.79 Å². The molecule has 8 bridgehead atoms. The molecule has 0 radical (unpaired) electrons. The van der Waals surface area contributed by atoms with Crippen LogP contribution in [0.4, 0.5) is 0 Å². The van der Waals surface area contributed by atoms with E-state index in [4.69, 9.17) is 0 Å². The number of hydrogen-bond donors (Lipinski definition) is 4. The molecule has 0 amide bonds. The standard InChI is InChI=1S/C27H28N4O/c1-12-13(2)21-10-22-14(3)15(4)23(30-22)11-24-16(5)26-25(32)9-18(27(26)31-24)19-7-6-17(28-19)8-20(12)29-21/h8,10-11,28-31H,6-7,9H2,1-5H3/b17-8-,19-18-,22-10-,23-11-. The number of Topliss-reactive ketones (excluding diaryl/α,β-unsaturated/α-hetero) is 1. The zero-order valence-corrected chi connectivity index (χ0v) is 19.3. The number of fused-ring (bicyclic) bond motifs is 7. The minimum absolute atomic E-state index is 0.213. The first-order chi connectivity index (χ1) is 15.3. The molecule has 1 fully saturated rings. The Hall–Kier alpha value is -3.47. The van der Waals surface area contributed by atoms with E-state index in [1.807, 2.05) is 0 Å². The van der Waals surface area contributed by atoms with Crippen molar-refractivity contribution in [2.24, 2.45) is 0 Å². The molecule has 5 heterocycles. The fourth-order valence-corrected chi connectivity index (χ4v) is 5.35. The van der Waals surface area contributed by atoms with Crippen LogP contribution in [0.1, 0.15) is 80.2 Å². The Bertz CT molecular complexity index is 1530. The zero-order chi connectivity index (χ0) is 22.3. The Balaban J connectivity index is 1.70. The van der Waals surface area contributed by atoms with Crippen molar-refractivity contribution < 1.29 is 4.79 Å². The second-order valence-electron chi connectivity index (χ2n) is 9.46. The van der Waals surface area contributed by atoms with Crippen molar-refractivity contribution >= 4 is 29.6 Å². The van der Waals surface area contributed by atoms with Gasteiger partial charge in [0.15, 0.2) is 5.78 Å². The highest BCUT2D eigenvalue weighted by Crippen LogP contribution is 2.40. The highest BCUT2D eigenvalue weighted by Gasteiger charge is 2.33. The van der Waals surface area contributed by atoms with Gasteiger partial charge in [0.25, 0.3) is 0 Å². The molecule has 3 aromatic rings. The summed E-state index contributed by atoms with van der Waals surface area (Å²) >= 11 is 0. The first-order valence-electron chi connectivity index (χ1n) is 11.4. The van der Waals surface area contributed by atoms with Crippen LogP contribution in [0, 0.1) is 34.6 Å². The van der Waals surface area contributed by atoms with E-state index in [1.54, 1.807) is 0 Å². The highest BCUT2D eigenvalue weighted by atomic mass is 16.1. The van der Waals surface area contributed by atoms with Crippen LogP contribution in [0.25, 0.3) is 23.8 Å². The van der Waals surface area contributed by atoms with Crippen LogP contribution >= 0.6 is 0 Å². The monoisotopic (exact) mass is 424 g/mol. The summed E-state index contributed by atoms with van der Waals surface area (Å²) in [5.74, 6) is 0.213. The molecule has 0 aromatic carbocycles. The first-order valence-corrected chi connectivity index (χ1v) is 11.4. The normalized spacial score (nSPS) is 22.8. The van der Waals surface area contributed by atoms with E-state index in [2.05, 4.69) is 73.1 Å². The van der Waals surface area contributed by atoms with E-state index < -0.39 is 0 Å². The molecule has 3 aliphatic rings. The van der Waals surface area contributed by atoms with Gasteiger partial charge in [0, 0.05) is 56.7 Å². The summed E-state index contributed by atoms with van der Waals surface area (Å²) < 4.78 is 0. The second kappa shape index (κ2) is 6.52. The van der Waals surface area contributed by atoms with Gasteiger partial charge in [-0.25, -0.2) is 0 Å². The lowest BCUT2D eigenvalue weighted by molar-refractivity contribution is 0.100. The van der Waals surface area contributed by atoms with Crippen molar-refractivity contribution in [2.45, 2.75) is 53.9 Å². The first kappa shape index (κ1) is 19.2. The van der Waals surface area contributed by atoms with Gasteiger partial charge < -0.3 is 20.3 Å². The van der Waals surface area contributed by atoms with Crippen LogP contribution in [-0.2, 0) is 0 Å². The van der Waals surface area contributed by atoms with Crippen LogP contribution in [0.2, 0.25) is 0 Å². The number of carbonyl (C=O) groups is 1. The minimum Gasteiger partial charge on any atom is -0.362 e. The maximum Gasteiger partial charge on any atom is 0.169 e. The van der Waals surface area contributed by atoms with E-state index in [-0.39, 0.29) is 5.78 Å². The molecular formula is C27H28N4O. The molecule has 32 heavy (non-hydrogen) atoms. The number of carbonyl (C=O) groups excluding carboxylic acids is 1. The quantitative estimate of drug-likeness (QED) is 0.442. The molecule has 1 saturated heterocycles. The maximum absolute atomic E-state index is 12.9. The summed E-state index contributed by atoms with van der Waals surface area (Å²) in [5.41, 5.74) is 14.7. The molecule has 162 valence electrons. The van der Waals surface area contributed by atoms with Gasteiger partial charge in [-0.3, -0.25) is 4.79 Å². The number of hydrogen-bond acceptors (Lipinski definition) is 2. The topological polar surface area (TPSA) is 76.5 Å². The lowest BCUT2D eigenvalue weighted by Gasteiger charge is -2.06. The minimum atomic E-state index is 0.213. The number of ketones is 1. The summed E-state index contributed by atoms with van der Waals surface area (Å²) in [6.45, 7) is 10.7. The largest absolute Gasteiger partial charge is 0.362 e. The molecule has 3 aromatic heterocycles. The van der Waals surface area contributed by atoms with Gasteiger partial charge in [0.2, 0.25) is 0 Å². The van der Waals surface area contributed by atoms with Crippen LogP contribution in [0.5, 0.6) is 0 Å². The van der Waals surface area contributed by atoms with Crippen LogP contribution < -0.4 is 16.0 Å². The predicted molar refractivity (Wildman–Crippen MR) is 129 cm³/mol. The molecule has 2 aliphatic heterocycles. The third kappa shape index (κ3) is 2.60. The van der Waals surface area contributed by atoms with Crippen molar-refractivity contribution in [1.29, 1.82) is 0 Å². The van der Waals surface area contributed by atoms with Crippen LogP contribution in [0.15, 0.2) is 11.4 Å². The summed E-state index contributed by atoms with van der Waals surface area (Å²) in [5, 5.41) is 5.82. The molecule has 5 nitrogen and oxygen atoms in total.